The fourth-order valence-electron chi connectivity index (χ4n) is 4.35. The van der Waals surface area contributed by atoms with Crippen molar-refractivity contribution < 1.29 is 0 Å². The van der Waals surface area contributed by atoms with Gasteiger partial charge >= 0.3 is 0 Å². The summed E-state index contributed by atoms with van der Waals surface area (Å²) in [5.41, 5.74) is 2.43. The first-order valence-corrected chi connectivity index (χ1v) is 11.3. The van der Waals surface area contributed by atoms with Crippen molar-refractivity contribution in [2.45, 2.75) is 32.5 Å². The van der Waals surface area contributed by atoms with Crippen molar-refractivity contribution in [3.63, 3.8) is 0 Å². The van der Waals surface area contributed by atoms with Gasteiger partial charge in [-0.25, -0.2) is 9.98 Å². The Bertz CT molecular complexity index is 969. The third-order valence-electron chi connectivity index (χ3n) is 6.12. The van der Waals surface area contributed by atoms with E-state index in [1.807, 2.05) is 25.4 Å². The molecule has 2 aliphatic rings. The molecule has 1 unspecified atom stereocenters. The third-order valence-corrected chi connectivity index (χ3v) is 6.12. The lowest BCUT2D eigenvalue weighted by molar-refractivity contribution is 0.0788. The van der Waals surface area contributed by atoms with Crippen LogP contribution in [0.1, 0.15) is 26.3 Å². The number of aromatic nitrogens is 1. The molecule has 0 saturated carbocycles. The van der Waals surface area contributed by atoms with Crippen molar-refractivity contribution in [2.24, 2.45) is 4.99 Å². The summed E-state index contributed by atoms with van der Waals surface area (Å²) in [6, 6.07) is 14.6. The van der Waals surface area contributed by atoms with Gasteiger partial charge in [0.15, 0.2) is 6.29 Å². The molecule has 1 aromatic heterocycles. The molecule has 32 heavy (non-hydrogen) atoms. The first-order chi connectivity index (χ1) is 15.4. The highest BCUT2D eigenvalue weighted by atomic mass is 15.5. The van der Waals surface area contributed by atoms with Gasteiger partial charge in [-0.3, -0.25) is 4.90 Å². The molecule has 0 aliphatic carbocycles. The van der Waals surface area contributed by atoms with Gasteiger partial charge in [0, 0.05) is 58.2 Å². The molecule has 0 radical (unpaired) electrons. The predicted molar refractivity (Wildman–Crippen MR) is 133 cm³/mol. The molecule has 1 fully saturated rings. The van der Waals surface area contributed by atoms with Crippen LogP contribution in [0, 0.1) is 0 Å². The number of nitrogens with zero attached hydrogens (tertiary/aromatic N) is 5. The van der Waals surface area contributed by atoms with E-state index in [-0.39, 0.29) is 11.7 Å². The molecule has 1 saturated heterocycles. The Kier molecular flexibility index (Phi) is 6.37. The quantitative estimate of drug-likeness (QED) is 0.772. The highest BCUT2D eigenvalue weighted by Gasteiger charge is 2.30. The van der Waals surface area contributed by atoms with E-state index < -0.39 is 0 Å². The fraction of sp³-hybridized carbons (Fsp3) is 0.440. The molecule has 170 valence electrons. The molecule has 7 nitrogen and oxygen atoms in total. The molecule has 0 bridgehead atoms. The van der Waals surface area contributed by atoms with Crippen LogP contribution in [-0.2, 0) is 5.41 Å². The average Bonchev–Trinajstić information content (AvgIpc) is 2.80. The molecule has 4 rings (SSSR count). The van der Waals surface area contributed by atoms with Gasteiger partial charge < -0.3 is 20.4 Å². The van der Waals surface area contributed by atoms with Crippen LogP contribution in [0.15, 0.2) is 65.6 Å². The van der Waals surface area contributed by atoms with Crippen LogP contribution in [0.4, 0.5) is 11.5 Å². The number of aliphatic imine (C=N–C) groups is 1. The van der Waals surface area contributed by atoms with Crippen molar-refractivity contribution in [3.8, 4) is 0 Å². The summed E-state index contributed by atoms with van der Waals surface area (Å²) in [6.45, 7) is 10.4. The normalized spacial score (nSPS) is 20.0. The van der Waals surface area contributed by atoms with E-state index in [0.29, 0.717) is 0 Å². The van der Waals surface area contributed by atoms with Crippen molar-refractivity contribution in [1.82, 2.24) is 20.1 Å². The van der Waals surface area contributed by atoms with E-state index in [0.717, 1.165) is 49.3 Å². The second-order valence-corrected chi connectivity index (χ2v) is 9.38. The zero-order chi connectivity index (χ0) is 22.7. The molecule has 0 spiro atoms. The predicted octanol–water partition coefficient (Wildman–Crippen LogP) is 3.30. The van der Waals surface area contributed by atoms with Gasteiger partial charge in [0.25, 0.3) is 0 Å². The molecular weight excluding hydrogens is 398 g/mol. The van der Waals surface area contributed by atoms with Crippen LogP contribution < -0.4 is 15.5 Å². The molecule has 7 heteroatoms. The summed E-state index contributed by atoms with van der Waals surface area (Å²) in [4.78, 5) is 16.6. The minimum atomic E-state index is -0.0577. The van der Waals surface area contributed by atoms with Crippen molar-refractivity contribution >= 4 is 17.3 Å². The van der Waals surface area contributed by atoms with E-state index in [1.165, 1.54) is 5.56 Å². The van der Waals surface area contributed by atoms with Crippen molar-refractivity contribution in [3.05, 3.63) is 66.1 Å². The van der Waals surface area contributed by atoms with Crippen molar-refractivity contribution in [1.29, 1.82) is 0 Å². The molecule has 2 N–H and O–H groups in total. The number of hydrogen-bond acceptors (Lipinski definition) is 7. The lowest BCUT2D eigenvalue weighted by atomic mass is 9.86. The van der Waals surface area contributed by atoms with E-state index >= 15 is 0 Å². The van der Waals surface area contributed by atoms with Crippen LogP contribution in [0.25, 0.3) is 0 Å². The Labute approximate surface area is 191 Å². The summed E-state index contributed by atoms with van der Waals surface area (Å²) in [5.74, 6) is 2.97. The molecular formula is C25H35N7. The minimum absolute atomic E-state index is 0.0480. The maximum absolute atomic E-state index is 5.11. The first kappa shape index (κ1) is 22.1. The molecule has 2 aliphatic heterocycles. The van der Waals surface area contributed by atoms with Gasteiger partial charge in [-0.05, 0) is 29.2 Å². The zero-order valence-electron chi connectivity index (χ0n) is 19.8. The summed E-state index contributed by atoms with van der Waals surface area (Å²) >= 11 is 0. The lowest BCUT2D eigenvalue weighted by Crippen LogP contribution is -2.56. The van der Waals surface area contributed by atoms with Crippen LogP contribution in [0.2, 0.25) is 0 Å². The van der Waals surface area contributed by atoms with Crippen molar-refractivity contribution in [2.75, 3.05) is 50.5 Å². The Morgan fingerprint density at radius 1 is 0.969 bits per heavy atom. The average molecular weight is 434 g/mol. The van der Waals surface area contributed by atoms with E-state index in [2.05, 4.69) is 94.5 Å². The maximum Gasteiger partial charge on any atom is 0.182 e. The van der Waals surface area contributed by atoms with Gasteiger partial charge in [-0.15, -0.1) is 0 Å². The fourth-order valence-corrected chi connectivity index (χ4v) is 4.35. The number of pyridine rings is 1. The van der Waals surface area contributed by atoms with E-state index in [4.69, 9.17) is 4.99 Å². The molecule has 2 aromatic rings. The largest absolute Gasteiger partial charge is 0.375 e. The van der Waals surface area contributed by atoms with Crippen LogP contribution in [0.3, 0.4) is 0 Å². The molecule has 1 atom stereocenters. The van der Waals surface area contributed by atoms with Gasteiger partial charge in [0.05, 0.1) is 0 Å². The molecule has 3 heterocycles. The first-order valence-electron chi connectivity index (χ1n) is 11.3. The van der Waals surface area contributed by atoms with Crippen LogP contribution >= 0.6 is 0 Å². The van der Waals surface area contributed by atoms with Gasteiger partial charge in [-0.1, -0.05) is 45.0 Å². The second-order valence-electron chi connectivity index (χ2n) is 9.38. The topological polar surface area (TPSA) is 59.0 Å². The number of anilines is 2. The zero-order valence-corrected chi connectivity index (χ0v) is 19.8. The number of nitrogens with one attached hydrogen (secondary N) is 2. The Hall–Kier alpha value is -3.06. The van der Waals surface area contributed by atoms with Gasteiger partial charge in [0.1, 0.15) is 17.5 Å². The number of para-hydroxylation sites is 1. The number of rotatable bonds is 4. The smallest absolute Gasteiger partial charge is 0.182 e. The highest BCUT2D eigenvalue weighted by molar-refractivity contribution is 6.05. The minimum Gasteiger partial charge on any atom is -0.375 e. The SMILES string of the molecule is CNC1=CC(Nc2ccccc2C(C)(C)C)=NC(N2CCN(c3ccccn3)CC2)N1C. The van der Waals surface area contributed by atoms with Crippen LogP contribution in [-0.4, -0.2) is 67.2 Å². The Balaban J connectivity index is 1.53. The molecule has 0 amide bonds. The Morgan fingerprint density at radius 2 is 1.69 bits per heavy atom. The maximum atomic E-state index is 5.11. The number of benzene rings is 1. The number of piperazine rings is 1. The standard InChI is InChI=1S/C25H35N7/c1-25(2,3)19-10-6-7-11-20(19)28-21-18-23(26-4)30(5)24(29-21)32-16-14-31(15-17-32)22-12-8-9-13-27-22/h6-13,18,24,26H,14-17H2,1-5H3,(H,28,29). The summed E-state index contributed by atoms with van der Waals surface area (Å²) in [5, 5.41) is 6.94. The Morgan fingerprint density at radius 3 is 2.34 bits per heavy atom. The van der Waals surface area contributed by atoms with Gasteiger partial charge in [0.2, 0.25) is 0 Å². The second kappa shape index (κ2) is 9.20. The highest BCUT2D eigenvalue weighted by Crippen LogP contribution is 2.30. The van der Waals surface area contributed by atoms with Gasteiger partial charge in [-0.2, -0.15) is 0 Å². The third kappa shape index (κ3) is 4.72. The van der Waals surface area contributed by atoms with Crippen LogP contribution in [0.5, 0.6) is 0 Å². The number of hydrogen-bond donors (Lipinski definition) is 2. The lowest BCUT2D eigenvalue weighted by Gasteiger charge is -2.43. The number of amidine groups is 1. The summed E-state index contributed by atoms with van der Waals surface area (Å²) in [6.07, 6.45) is 3.89. The monoisotopic (exact) mass is 433 g/mol. The van der Waals surface area contributed by atoms with E-state index in [9.17, 15) is 0 Å². The summed E-state index contributed by atoms with van der Waals surface area (Å²) < 4.78 is 0. The summed E-state index contributed by atoms with van der Waals surface area (Å²) in [7, 11) is 4.06. The van der Waals surface area contributed by atoms with E-state index in [1.54, 1.807) is 0 Å². The molecule has 1 aromatic carbocycles.